The van der Waals surface area contributed by atoms with Crippen molar-refractivity contribution in [2.45, 2.75) is 31.8 Å². The van der Waals surface area contributed by atoms with E-state index in [-0.39, 0.29) is 0 Å². The van der Waals surface area contributed by atoms with E-state index >= 15 is 0 Å². The summed E-state index contributed by atoms with van der Waals surface area (Å²) in [6.45, 7) is 2.07. The topological polar surface area (TPSA) is 52.6 Å². The first kappa shape index (κ1) is 12.8. The molecule has 19 heavy (non-hydrogen) atoms. The van der Waals surface area contributed by atoms with Gasteiger partial charge in [-0.05, 0) is 54.6 Å². The Hall–Kier alpha value is -1.26. The standard InChI is InChI=1S/C14H17ClN2O2/c15-10-6-9-8-17(14(18)19)5-3-11(9)12(7-10)13-2-1-4-16-13/h6-7,13,16H,1-5,8H2,(H,18,19)/t13-/m0/s1. The maximum atomic E-state index is 11.1. The third kappa shape index (κ3) is 2.42. The largest absolute Gasteiger partial charge is 0.465 e. The van der Waals surface area contributed by atoms with Gasteiger partial charge in [0.05, 0.1) is 0 Å². The van der Waals surface area contributed by atoms with Crippen LogP contribution in [-0.4, -0.2) is 29.2 Å². The van der Waals surface area contributed by atoms with Crippen LogP contribution in [0.1, 0.15) is 35.6 Å². The molecule has 1 saturated heterocycles. The van der Waals surface area contributed by atoms with E-state index in [1.54, 1.807) is 0 Å². The lowest BCUT2D eigenvalue weighted by molar-refractivity contribution is 0.140. The summed E-state index contributed by atoms with van der Waals surface area (Å²) in [4.78, 5) is 12.5. The minimum Gasteiger partial charge on any atom is -0.465 e. The molecule has 1 amide bonds. The molecular weight excluding hydrogens is 264 g/mol. The van der Waals surface area contributed by atoms with Gasteiger partial charge in [0.15, 0.2) is 0 Å². The summed E-state index contributed by atoms with van der Waals surface area (Å²) < 4.78 is 0. The highest BCUT2D eigenvalue weighted by atomic mass is 35.5. The monoisotopic (exact) mass is 280 g/mol. The predicted molar refractivity (Wildman–Crippen MR) is 73.6 cm³/mol. The van der Waals surface area contributed by atoms with Crippen LogP contribution < -0.4 is 5.32 Å². The Bertz CT molecular complexity index is 512. The first-order valence-corrected chi connectivity index (χ1v) is 7.05. The van der Waals surface area contributed by atoms with Crippen molar-refractivity contribution in [3.8, 4) is 0 Å². The number of nitrogens with one attached hydrogen (secondary N) is 1. The van der Waals surface area contributed by atoms with Crippen molar-refractivity contribution in [3.63, 3.8) is 0 Å². The van der Waals surface area contributed by atoms with E-state index in [2.05, 4.69) is 5.32 Å². The van der Waals surface area contributed by atoms with Crippen LogP contribution in [0.5, 0.6) is 0 Å². The smallest absolute Gasteiger partial charge is 0.407 e. The number of halogens is 1. The number of amides is 1. The summed E-state index contributed by atoms with van der Waals surface area (Å²) in [5.41, 5.74) is 3.62. The van der Waals surface area contributed by atoms with Gasteiger partial charge >= 0.3 is 6.09 Å². The van der Waals surface area contributed by atoms with Gasteiger partial charge in [-0.1, -0.05) is 11.6 Å². The van der Waals surface area contributed by atoms with E-state index in [9.17, 15) is 4.79 Å². The molecule has 0 spiro atoms. The third-order valence-corrected chi connectivity index (χ3v) is 4.26. The van der Waals surface area contributed by atoms with Gasteiger partial charge in [-0.15, -0.1) is 0 Å². The molecule has 1 fully saturated rings. The zero-order chi connectivity index (χ0) is 13.4. The van der Waals surface area contributed by atoms with Crippen molar-refractivity contribution in [2.24, 2.45) is 0 Å². The minimum atomic E-state index is -0.855. The molecule has 1 aromatic rings. The van der Waals surface area contributed by atoms with E-state index in [0.717, 1.165) is 24.9 Å². The van der Waals surface area contributed by atoms with Crippen molar-refractivity contribution >= 4 is 17.7 Å². The number of fused-ring (bicyclic) bond motifs is 1. The Morgan fingerprint density at radius 3 is 3.00 bits per heavy atom. The number of carboxylic acid groups (broad SMARTS) is 1. The molecule has 0 aliphatic carbocycles. The van der Waals surface area contributed by atoms with Crippen molar-refractivity contribution < 1.29 is 9.90 Å². The maximum absolute atomic E-state index is 11.1. The van der Waals surface area contributed by atoms with E-state index in [4.69, 9.17) is 16.7 Å². The van der Waals surface area contributed by atoms with Gasteiger partial charge < -0.3 is 15.3 Å². The fourth-order valence-corrected chi connectivity index (χ4v) is 3.37. The van der Waals surface area contributed by atoms with Crippen LogP contribution in [0, 0.1) is 0 Å². The highest BCUT2D eigenvalue weighted by Gasteiger charge is 2.26. The second kappa shape index (κ2) is 5.02. The van der Waals surface area contributed by atoms with E-state index in [0.29, 0.717) is 24.2 Å². The lowest BCUT2D eigenvalue weighted by Crippen LogP contribution is -2.35. The van der Waals surface area contributed by atoms with Crippen LogP contribution >= 0.6 is 11.6 Å². The second-order valence-corrected chi connectivity index (χ2v) is 5.67. The summed E-state index contributed by atoms with van der Waals surface area (Å²) in [5.74, 6) is 0. The predicted octanol–water partition coefficient (Wildman–Crippen LogP) is 2.80. The molecule has 0 saturated carbocycles. The number of benzene rings is 1. The van der Waals surface area contributed by atoms with Gasteiger partial charge in [-0.25, -0.2) is 4.79 Å². The molecule has 5 heteroatoms. The average Bonchev–Trinajstić information content (AvgIpc) is 2.90. The van der Waals surface area contributed by atoms with Gasteiger partial charge in [-0.3, -0.25) is 0 Å². The summed E-state index contributed by atoms with van der Waals surface area (Å²) in [7, 11) is 0. The van der Waals surface area contributed by atoms with E-state index < -0.39 is 6.09 Å². The summed E-state index contributed by atoms with van der Waals surface area (Å²) >= 11 is 6.19. The summed E-state index contributed by atoms with van der Waals surface area (Å²) in [6.07, 6.45) is 2.25. The first-order valence-electron chi connectivity index (χ1n) is 6.67. The van der Waals surface area contributed by atoms with Crippen molar-refractivity contribution in [1.29, 1.82) is 0 Å². The van der Waals surface area contributed by atoms with Crippen molar-refractivity contribution in [2.75, 3.05) is 13.1 Å². The third-order valence-electron chi connectivity index (χ3n) is 4.04. The van der Waals surface area contributed by atoms with Crippen LogP contribution in [0.25, 0.3) is 0 Å². The molecule has 0 aromatic heterocycles. The molecule has 2 aliphatic heterocycles. The molecule has 2 aliphatic rings. The average molecular weight is 281 g/mol. The first-order chi connectivity index (χ1) is 9.15. The highest BCUT2D eigenvalue weighted by molar-refractivity contribution is 6.30. The molecule has 2 heterocycles. The number of carbonyl (C=O) groups is 1. The molecule has 4 nitrogen and oxygen atoms in total. The zero-order valence-electron chi connectivity index (χ0n) is 10.7. The highest BCUT2D eigenvalue weighted by Crippen LogP contribution is 2.33. The second-order valence-electron chi connectivity index (χ2n) is 5.24. The van der Waals surface area contributed by atoms with Gasteiger partial charge in [0.2, 0.25) is 0 Å². The normalized spacial score (nSPS) is 22.4. The van der Waals surface area contributed by atoms with E-state index in [1.807, 2.05) is 12.1 Å². The Labute approximate surface area is 117 Å². The lowest BCUT2D eigenvalue weighted by Gasteiger charge is -2.29. The van der Waals surface area contributed by atoms with Crippen LogP contribution in [0.15, 0.2) is 12.1 Å². The van der Waals surface area contributed by atoms with Gasteiger partial charge in [0.1, 0.15) is 0 Å². The fourth-order valence-electron chi connectivity index (χ4n) is 3.12. The number of hydrogen-bond donors (Lipinski definition) is 2. The minimum absolute atomic E-state index is 0.379. The SMILES string of the molecule is O=C(O)N1CCc2c(cc(Cl)cc2[C@@H]2CCCN2)C1. The molecule has 0 bridgehead atoms. The fraction of sp³-hybridized carbons (Fsp3) is 0.500. The molecule has 1 aromatic carbocycles. The maximum Gasteiger partial charge on any atom is 0.407 e. The number of nitrogens with zero attached hydrogens (tertiary/aromatic N) is 1. The summed E-state index contributed by atoms with van der Waals surface area (Å²) in [5, 5.41) is 13.3. The zero-order valence-corrected chi connectivity index (χ0v) is 11.4. The van der Waals surface area contributed by atoms with Crippen LogP contribution in [0.2, 0.25) is 5.02 Å². The van der Waals surface area contributed by atoms with Gasteiger partial charge in [0, 0.05) is 24.2 Å². The van der Waals surface area contributed by atoms with Crippen LogP contribution in [0.4, 0.5) is 4.79 Å². The summed E-state index contributed by atoms with van der Waals surface area (Å²) in [6, 6.07) is 4.33. The molecule has 0 unspecified atom stereocenters. The molecule has 0 radical (unpaired) electrons. The molecule has 1 atom stereocenters. The lowest BCUT2D eigenvalue weighted by atomic mass is 9.90. The Morgan fingerprint density at radius 2 is 2.32 bits per heavy atom. The number of hydrogen-bond acceptors (Lipinski definition) is 2. The van der Waals surface area contributed by atoms with E-state index in [1.165, 1.54) is 22.4 Å². The number of rotatable bonds is 1. The van der Waals surface area contributed by atoms with Crippen molar-refractivity contribution in [1.82, 2.24) is 10.2 Å². The molecular formula is C14H17ClN2O2. The molecule has 2 N–H and O–H groups in total. The van der Waals surface area contributed by atoms with Crippen LogP contribution in [-0.2, 0) is 13.0 Å². The van der Waals surface area contributed by atoms with Gasteiger partial charge in [0.25, 0.3) is 0 Å². The van der Waals surface area contributed by atoms with Crippen molar-refractivity contribution in [3.05, 3.63) is 33.8 Å². The quantitative estimate of drug-likeness (QED) is 0.832. The Balaban J connectivity index is 1.97. The molecule has 3 rings (SSSR count). The van der Waals surface area contributed by atoms with Crippen LogP contribution in [0.3, 0.4) is 0 Å². The Kier molecular flexibility index (Phi) is 3.37. The molecule has 102 valence electrons. The van der Waals surface area contributed by atoms with Gasteiger partial charge in [-0.2, -0.15) is 0 Å². The Morgan fingerprint density at radius 1 is 1.47 bits per heavy atom.